The minimum absolute atomic E-state index is 0.324. The first-order valence-electron chi connectivity index (χ1n) is 4.62. The Balaban J connectivity index is 5.50. The fraction of sp³-hybridized carbons (Fsp3) is 1.00. The van der Waals surface area contributed by atoms with Crippen LogP contribution in [0.2, 0.25) is 0 Å². The summed E-state index contributed by atoms with van der Waals surface area (Å²) in [4.78, 5) is 0. The van der Waals surface area contributed by atoms with Gasteiger partial charge in [-0.3, -0.25) is 4.55 Å². The summed E-state index contributed by atoms with van der Waals surface area (Å²) in [5.41, 5.74) is 0. The molecular weight excluding hydrogens is 252 g/mol. The molecule has 0 amide bonds. The Morgan fingerprint density at radius 2 is 1.56 bits per heavy atom. The highest BCUT2D eigenvalue weighted by molar-refractivity contribution is 7.87. The Bertz CT molecular complexity index is 337. The van der Waals surface area contributed by atoms with Gasteiger partial charge in [0.2, 0.25) is 0 Å². The maximum atomic E-state index is 13.3. The second-order valence-corrected chi connectivity index (χ2v) is 5.34. The Labute approximate surface area is 91.6 Å². The van der Waals surface area contributed by atoms with Gasteiger partial charge >= 0.3 is 21.3 Å². The first-order chi connectivity index (χ1) is 6.89. The van der Waals surface area contributed by atoms with Crippen molar-refractivity contribution in [2.45, 2.75) is 38.4 Å². The van der Waals surface area contributed by atoms with Crippen LogP contribution in [0.4, 0.5) is 17.6 Å². The molecule has 0 fully saturated rings. The van der Waals surface area contributed by atoms with Crippen molar-refractivity contribution >= 4 is 10.1 Å². The SMILES string of the molecule is CCC(C(C)C)C(F)(F)C(F)(F)S(=O)(=O)O. The van der Waals surface area contributed by atoms with Gasteiger partial charge in [-0.15, -0.1) is 0 Å². The van der Waals surface area contributed by atoms with E-state index >= 15 is 0 Å². The lowest BCUT2D eigenvalue weighted by molar-refractivity contribution is -0.202. The zero-order chi connectivity index (χ0) is 13.4. The molecule has 0 radical (unpaired) electrons. The van der Waals surface area contributed by atoms with Crippen LogP contribution >= 0.6 is 0 Å². The number of hydrogen-bond acceptors (Lipinski definition) is 2. The van der Waals surface area contributed by atoms with Crippen molar-refractivity contribution in [3.05, 3.63) is 0 Å². The van der Waals surface area contributed by atoms with Gasteiger partial charge in [0, 0.05) is 5.92 Å². The van der Waals surface area contributed by atoms with E-state index in [4.69, 9.17) is 4.55 Å². The Morgan fingerprint density at radius 1 is 1.19 bits per heavy atom. The number of hydrogen-bond donors (Lipinski definition) is 1. The van der Waals surface area contributed by atoms with Crippen molar-refractivity contribution in [3.8, 4) is 0 Å². The Kier molecular flexibility index (Phi) is 4.38. The molecule has 0 bridgehead atoms. The minimum Gasteiger partial charge on any atom is -0.281 e. The molecule has 8 heteroatoms. The first-order valence-corrected chi connectivity index (χ1v) is 6.06. The summed E-state index contributed by atoms with van der Waals surface area (Å²) in [5.74, 6) is -7.47. The monoisotopic (exact) mass is 266 g/mol. The third-order valence-electron chi connectivity index (χ3n) is 2.42. The average Bonchev–Trinajstić information content (AvgIpc) is 2.01. The Hall–Kier alpha value is -0.370. The van der Waals surface area contributed by atoms with Crippen LogP contribution in [-0.4, -0.2) is 24.1 Å². The third-order valence-corrected chi connectivity index (χ3v) is 3.34. The average molecular weight is 266 g/mol. The van der Waals surface area contributed by atoms with E-state index in [1.54, 1.807) is 0 Å². The summed E-state index contributed by atoms with van der Waals surface area (Å²) in [5, 5.41) is -5.47. The molecule has 0 aliphatic carbocycles. The van der Waals surface area contributed by atoms with E-state index in [-0.39, 0.29) is 6.42 Å². The molecule has 1 atom stereocenters. The van der Waals surface area contributed by atoms with Gasteiger partial charge in [-0.1, -0.05) is 20.8 Å². The van der Waals surface area contributed by atoms with E-state index < -0.39 is 33.1 Å². The highest BCUT2D eigenvalue weighted by atomic mass is 32.2. The zero-order valence-electron chi connectivity index (χ0n) is 9.05. The predicted molar refractivity (Wildman–Crippen MR) is 50.1 cm³/mol. The van der Waals surface area contributed by atoms with Crippen LogP contribution in [0.1, 0.15) is 27.2 Å². The van der Waals surface area contributed by atoms with E-state index in [1.807, 2.05) is 0 Å². The van der Waals surface area contributed by atoms with Crippen molar-refractivity contribution in [3.63, 3.8) is 0 Å². The summed E-state index contributed by atoms with van der Waals surface area (Å²) < 4.78 is 81.2. The molecule has 0 aromatic rings. The summed E-state index contributed by atoms with van der Waals surface area (Å²) in [6, 6.07) is 0. The van der Waals surface area contributed by atoms with Crippen LogP contribution in [-0.2, 0) is 10.1 Å². The van der Waals surface area contributed by atoms with Crippen LogP contribution in [0.3, 0.4) is 0 Å². The van der Waals surface area contributed by atoms with Gasteiger partial charge in [0.1, 0.15) is 0 Å². The van der Waals surface area contributed by atoms with Gasteiger partial charge in [-0.25, -0.2) is 0 Å². The van der Waals surface area contributed by atoms with Gasteiger partial charge in [0.25, 0.3) is 0 Å². The maximum absolute atomic E-state index is 13.3. The van der Waals surface area contributed by atoms with Crippen molar-refractivity contribution in [1.29, 1.82) is 0 Å². The van der Waals surface area contributed by atoms with E-state index in [0.29, 0.717) is 0 Å². The summed E-state index contributed by atoms with van der Waals surface area (Å²) in [6.45, 7) is 3.81. The largest absolute Gasteiger partial charge is 0.431 e. The van der Waals surface area contributed by atoms with Crippen LogP contribution < -0.4 is 0 Å². The fourth-order valence-electron chi connectivity index (χ4n) is 1.53. The van der Waals surface area contributed by atoms with Gasteiger partial charge in [0.05, 0.1) is 0 Å². The summed E-state index contributed by atoms with van der Waals surface area (Å²) in [7, 11) is -6.13. The van der Waals surface area contributed by atoms with Crippen LogP contribution in [0.5, 0.6) is 0 Å². The molecule has 3 nitrogen and oxygen atoms in total. The molecule has 0 aromatic heterocycles. The molecule has 98 valence electrons. The van der Waals surface area contributed by atoms with Crippen LogP contribution in [0.15, 0.2) is 0 Å². The predicted octanol–water partition coefficient (Wildman–Crippen LogP) is 2.78. The molecule has 1 N–H and O–H groups in total. The van der Waals surface area contributed by atoms with Gasteiger partial charge in [-0.2, -0.15) is 26.0 Å². The van der Waals surface area contributed by atoms with E-state index in [9.17, 15) is 26.0 Å². The molecule has 0 aliphatic heterocycles. The molecule has 1 unspecified atom stereocenters. The van der Waals surface area contributed by atoms with Gasteiger partial charge < -0.3 is 0 Å². The molecule has 0 spiro atoms. The fourth-order valence-corrected chi connectivity index (χ4v) is 2.03. The zero-order valence-corrected chi connectivity index (χ0v) is 9.86. The van der Waals surface area contributed by atoms with Crippen molar-refractivity contribution < 1.29 is 30.5 Å². The van der Waals surface area contributed by atoms with Crippen molar-refractivity contribution in [2.75, 3.05) is 0 Å². The first kappa shape index (κ1) is 15.6. The minimum atomic E-state index is -6.13. The van der Waals surface area contributed by atoms with Gasteiger partial charge in [-0.05, 0) is 12.3 Å². The molecule has 16 heavy (non-hydrogen) atoms. The normalized spacial score (nSPS) is 16.6. The van der Waals surface area contributed by atoms with E-state index in [0.717, 1.165) is 0 Å². The molecule has 0 heterocycles. The standard InChI is InChI=1S/C8H14F4O3S/c1-4-6(5(2)3)7(9,10)8(11,12)16(13,14)15/h5-6H,4H2,1-3H3,(H,13,14,15). The lowest BCUT2D eigenvalue weighted by atomic mass is 9.87. The maximum Gasteiger partial charge on any atom is 0.431 e. The van der Waals surface area contributed by atoms with Gasteiger partial charge in [0.15, 0.2) is 0 Å². The molecular formula is C8H14F4O3S. The summed E-state index contributed by atoms with van der Waals surface area (Å²) in [6.07, 6.45) is -0.324. The van der Waals surface area contributed by atoms with E-state index in [2.05, 4.69) is 0 Å². The highest BCUT2D eigenvalue weighted by Gasteiger charge is 2.68. The molecule has 0 aliphatic rings. The van der Waals surface area contributed by atoms with E-state index in [1.165, 1.54) is 20.8 Å². The lowest BCUT2D eigenvalue weighted by Gasteiger charge is -2.32. The molecule has 0 saturated heterocycles. The van der Waals surface area contributed by atoms with Crippen LogP contribution in [0, 0.1) is 11.8 Å². The second-order valence-electron chi connectivity index (χ2n) is 3.87. The number of halogens is 4. The molecule has 0 aromatic carbocycles. The number of alkyl halides is 4. The number of rotatable bonds is 5. The van der Waals surface area contributed by atoms with Crippen molar-refractivity contribution in [1.82, 2.24) is 0 Å². The highest BCUT2D eigenvalue weighted by Crippen LogP contribution is 2.46. The molecule has 0 saturated carbocycles. The van der Waals surface area contributed by atoms with Crippen LogP contribution in [0.25, 0.3) is 0 Å². The molecule has 0 rings (SSSR count). The third kappa shape index (κ3) is 2.48. The second kappa shape index (κ2) is 4.48. The quantitative estimate of drug-likeness (QED) is 0.615. The summed E-state index contributed by atoms with van der Waals surface area (Å²) >= 11 is 0. The smallest absolute Gasteiger partial charge is 0.281 e. The Morgan fingerprint density at radius 3 is 1.75 bits per heavy atom. The topological polar surface area (TPSA) is 54.4 Å². The lowest BCUT2D eigenvalue weighted by Crippen LogP contribution is -2.52. The van der Waals surface area contributed by atoms with Crippen molar-refractivity contribution in [2.24, 2.45) is 11.8 Å².